The van der Waals surface area contributed by atoms with Crippen LogP contribution in [0.25, 0.3) is 0 Å². The molecule has 3 unspecified atom stereocenters. The van der Waals surface area contributed by atoms with Gasteiger partial charge in [-0.1, -0.05) is 41.1 Å². The van der Waals surface area contributed by atoms with Crippen molar-refractivity contribution >= 4 is 5.78 Å². The highest BCUT2D eigenvalue weighted by Crippen LogP contribution is 2.60. The molecule has 3 atom stereocenters. The molecular weight excluding hydrogens is 286 g/mol. The second-order valence-corrected chi connectivity index (χ2v) is 7.02. The van der Waals surface area contributed by atoms with Gasteiger partial charge >= 0.3 is 0 Å². The fraction of sp³-hybridized carbons (Fsp3) is 0.421. The van der Waals surface area contributed by atoms with Crippen molar-refractivity contribution in [3.63, 3.8) is 0 Å². The number of nitrogens with zero attached hydrogens (tertiary/aromatic N) is 3. The van der Waals surface area contributed by atoms with Crippen LogP contribution in [0.1, 0.15) is 42.9 Å². The number of ketones is 1. The van der Waals surface area contributed by atoms with Crippen molar-refractivity contribution in [1.29, 1.82) is 0 Å². The molecule has 116 valence electrons. The Bertz CT molecular complexity index is 805. The number of carbonyl (C=O) groups is 1. The molecule has 3 aliphatic carbocycles. The van der Waals surface area contributed by atoms with Crippen LogP contribution in [0.2, 0.25) is 0 Å². The van der Waals surface area contributed by atoms with Crippen LogP contribution >= 0.6 is 0 Å². The van der Waals surface area contributed by atoms with Crippen LogP contribution < -0.4 is 0 Å². The van der Waals surface area contributed by atoms with E-state index >= 15 is 0 Å². The maximum absolute atomic E-state index is 11.7. The van der Waals surface area contributed by atoms with Crippen LogP contribution in [-0.4, -0.2) is 20.8 Å². The van der Waals surface area contributed by atoms with Crippen LogP contribution in [0, 0.1) is 11.8 Å². The Balaban J connectivity index is 1.39. The average Bonchev–Trinajstić information content (AvgIpc) is 3.00. The fourth-order valence-corrected chi connectivity index (χ4v) is 4.72. The van der Waals surface area contributed by atoms with Gasteiger partial charge in [-0.3, -0.25) is 4.79 Å². The van der Waals surface area contributed by atoms with Crippen molar-refractivity contribution in [2.45, 2.75) is 38.1 Å². The number of hydrogen-bond donors (Lipinski definition) is 0. The van der Waals surface area contributed by atoms with E-state index < -0.39 is 0 Å². The second-order valence-electron chi connectivity index (χ2n) is 7.02. The molecule has 1 heterocycles. The molecule has 5 rings (SSSR count). The number of benzene rings is 1. The minimum absolute atomic E-state index is 0.398. The van der Waals surface area contributed by atoms with Crippen LogP contribution in [0.4, 0.5) is 0 Å². The van der Waals surface area contributed by atoms with E-state index in [0.717, 1.165) is 25.1 Å². The maximum atomic E-state index is 11.7. The zero-order valence-electron chi connectivity index (χ0n) is 13.0. The van der Waals surface area contributed by atoms with Gasteiger partial charge in [0.25, 0.3) is 0 Å². The monoisotopic (exact) mass is 305 g/mol. The number of fused-ring (bicyclic) bond motifs is 3. The third-order valence-corrected chi connectivity index (χ3v) is 5.78. The zero-order chi connectivity index (χ0) is 15.4. The minimum atomic E-state index is 0.398. The first-order valence-corrected chi connectivity index (χ1v) is 8.51. The molecule has 0 bridgehead atoms. The molecule has 3 aliphatic rings. The zero-order valence-corrected chi connectivity index (χ0v) is 13.0. The van der Waals surface area contributed by atoms with Gasteiger partial charge in [-0.25, -0.2) is 4.68 Å². The third-order valence-electron chi connectivity index (χ3n) is 5.78. The van der Waals surface area contributed by atoms with Crippen LogP contribution in [-0.2, 0) is 11.3 Å². The molecule has 0 N–H and O–H groups in total. The van der Waals surface area contributed by atoms with Gasteiger partial charge in [-0.15, -0.1) is 5.10 Å². The molecule has 0 amide bonds. The molecule has 2 aromatic rings. The normalized spacial score (nSPS) is 28.7. The molecule has 2 fully saturated rings. The summed E-state index contributed by atoms with van der Waals surface area (Å²) in [6.07, 6.45) is 6.34. The molecule has 1 aromatic carbocycles. The Morgan fingerprint density at radius 2 is 2.04 bits per heavy atom. The fourth-order valence-electron chi connectivity index (χ4n) is 4.72. The van der Waals surface area contributed by atoms with E-state index in [0.29, 0.717) is 23.5 Å². The van der Waals surface area contributed by atoms with Crippen molar-refractivity contribution in [2.24, 2.45) is 11.8 Å². The number of allylic oxidation sites excluding steroid dienone is 2. The molecule has 0 spiro atoms. The first-order chi connectivity index (χ1) is 11.3. The summed E-state index contributed by atoms with van der Waals surface area (Å²) in [5.74, 6) is 1.96. The van der Waals surface area contributed by atoms with Gasteiger partial charge in [-0.2, -0.15) is 0 Å². The van der Waals surface area contributed by atoms with Crippen molar-refractivity contribution in [3.05, 3.63) is 58.9 Å². The quantitative estimate of drug-likeness (QED) is 0.875. The summed E-state index contributed by atoms with van der Waals surface area (Å²) >= 11 is 0. The second kappa shape index (κ2) is 4.88. The summed E-state index contributed by atoms with van der Waals surface area (Å²) in [6, 6.07) is 10.4. The highest BCUT2D eigenvalue weighted by atomic mass is 16.1. The topological polar surface area (TPSA) is 47.8 Å². The Kier molecular flexibility index (Phi) is 2.81. The molecule has 23 heavy (non-hydrogen) atoms. The number of Topliss-reactive ketones (excluding diaryl/α,β-unsaturated/α-hetero) is 1. The lowest BCUT2D eigenvalue weighted by Crippen LogP contribution is -2.48. The molecule has 0 saturated heterocycles. The largest absolute Gasteiger partial charge is 0.295 e. The van der Waals surface area contributed by atoms with Gasteiger partial charge < -0.3 is 0 Å². The Labute approximate surface area is 135 Å². The predicted molar refractivity (Wildman–Crippen MR) is 85.8 cm³/mol. The highest BCUT2D eigenvalue weighted by Gasteiger charge is 2.55. The van der Waals surface area contributed by atoms with E-state index in [1.54, 1.807) is 0 Å². The first kappa shape index (κ1) is 13.2. The van der Waals surface area contributed by atoms with Crippen molar-refractivity contribution in [2.75, 3.05) is 0 Å². The predicted octanol–water partition coefficient (Wildman–Crippen LogP) is 3.11. The SMILES string of the molecule is O=C1CC2C1=C1CCCC(c3cn(Cc4ccccc4)nn3)C12. The van der Waals surface area contributed by atoms with E-state index in [1.807, 2.05) is 10.7 Å². The van der Waals surface area contributed by atoms with Gasteiger partial charge in [0.15, 0.2) is 5.78 Å². The lowest BCUT2D eigenvalue weighted by Gasteiger charge is -2.53. The summed E-state index contributed by atoms with van der Waals surface area (Å²) in [5.41, 5.74) is 4.97. The molecule has 1 aromatic heterocycles. The van der Waals surface area contributed by atoms with E-state index in [2.05, 4.69) is 40.8 Å². The smallest absolute Gasteiger partial charge is 0.159 e. The molecule has 0 radical (unpaired) electrons. The number of carbonyl (C=O) groups excluding carboxylic acids is 1. The summed E-state index contributed by atoms with van der Waals surface area (Å²) in [5, 5.41) is 8.79. The first-order valence-electron chi connectivity index (χ1n) is 8.51. The molecule has 2 saturated carbocycles. The van der Waals surface area contributed by atoms with Gasteiger partial charge in [0.2, 0.25) is 0 Å². The minimum Gasteiger partial charge on any atom is -0.295 e. The number of hydrogen-bond acceptors (Lipinski definition) is 3. The van der Waals surface area contributed by atoms with E-state index in [4.69, 9.17) is 0 Å². The van der Waals surface area contributed by atoms with E-state index in [9.17, 15) is 4.79 Å². The molecular formula is C19H19N3O. The standard InChI is InChI=1S/C19H19N3O/c23-17-9-15-18-13(7-4-8-14(18)19(15)17)16-11-22(21-20-16)10-12-5-2-1-3-6-12/h1-3,5-6,11,13,15,18H,4,7-10H2. The lowest BCUT2D eigenvalue weighted by molar-refractivity contribution is -0.123. The van der Waals surface area contributed by atoms with Crippen molar-refractivity contribution < 1.29 is 4.79 Å². The van der Waals surface area contributed by atoms with Gasteiger partial charge in [-0.05, 0) is 36.3 Å². The van der Waals surface area contributed by atoms with Crippen LogP contribution in [0.15, 0.2) is 47.7 Å². The maximum Gasteiger partial charge on any atom is 0.159 e. The summed E-state index contributed by atoms with van der Waals surface area (Å²) in [7, 11) is 0. The molecule has 4 heteroatoms. The van der Waals surface area contributed by atoms with Gasteiger partial charge in [0, 0.05) is 24.5 Å². The average molecular weight is 305 g/mol. The summed E-state index contributed by atoms with van der Waals surface area (Å²) in [4.78, 5) is 11.7. The van der Waals surface area contributed by atoms with E-state index in [1.165, 1.54) is 29.6 Å². The summed E-state index contributed by atoms with van der Waals surface area (Å²) < 4.78 is 1.94. The third kappa shape index (κ3) is 1.94. The van der Waals surface area contributed by atoms with Crippen LogP contribution in [0.3, 0.4) is 0 Å². The number of aromatic nitrogens is 3. The lowest BCUT2D eigenvalue weighted by atomic mass is 9.49. The molecule has 0 aliphatic heterocycles. The highest BCUT2D eigenvalue weighted by molar-refractivity contribution is 6.06. The number of rotatable bonds is 3. The Hall–Kier alpha value is -2.23. The van der Waals surface area contributed by atoms with E-state index in [-0.39, 0.29) is 0 Å². The van der Waals surface area contributed by atoms with Crippen molar-refractivity contribution in [3.8, 4) is 0 Å². The summed E-state index contributed by atoms with van der Waals surface area (Å²) in [6.45, 7) is 0.765. The molecule has 4 nitrogen and oxygen atoms in total. The Morgan fingerprint density at radius 3 is 2.87 bits per heavy atom. The Morgan fingerprint density at radius 1 is 1.17 bits per heavy atom. The van der Waals surface area contributed by atoms with Gasteiger partial charge in [0.05, 0.1) is 12.2 Å². The van der Waals surface area contributed by atoms with Gasteiger partial charge in [0.1, 0.15) is 0 Å². The van der Waals surface area contributed by atoms with Crippen molar-refractivity contribution in [1.82, 2.24) is 15.0 Å². The van der Waals surface area contributed by atoms with Crippen LogP contribution in [0.5, 0.6) is 0 Å².